The van der Waals surface area contributed by atoms with Gasteiger partial charge in [0.25, 0.3) is 5.69 Å². The summed E-state index contributed by atoms with van der Waals surface area (Å²) in [6, 6.07) is 3.22. The maximum Gasteiger partial charge on any atom is 0.410 e. The maximum atomic E-state index is 12.1. The van der Waals surface area contributed by atoms with Crippen LogP contribution in [0.5, 0.6) is 0 Å². The van der Waals surface area contributed by atoms with Crippen LogP contribution in [0.4, 0.5) is 4.79 Å². The Morgan fingerprint density at radius 1 is 1.48 bits per heavy atom. The monoisotopic (exact) mass is 341 g/mol. The zero-order chi connectivity index (χ0) is 16.8. The van der Waals surface area contributed by atoms with Crippen molar-refractivity contribution in [1.29, 1.82) is 0 Å². The van der Waals surface area contributed by atoms with Crippen molar-refractivity contribution in [1.82, 2.24) is 10.00 Å². The first-order chi connectivity index (χ1) is 10.7. The quantitative estimate of drug-likeness (QED) is 0.444. The Hall–Kier alpha value is -1.60. The minimum Gasteiger partial charge on any atom is -0.594 e. The van der Waals surface area contributed by atoms with Gasteiger partial charge in [-0.2, -0.15) is 0 Å². The van der Waals surface area contributed by atoms with Crippen molar-refractivity contribution >= 4 is 17.7 Å². The van der Waals surface area contributed by atoms with Gasteiger partial charge in [0, 0.05) is 24.3 Å². The molecule has 0 N–H and O–H groups in total. The largest absolute Gasteiger partial charge is 0.594 e. The molecule has 7 nitrogen and oxygen atoms in total. The van der Waals surface area contributed by atoms with Gasteiger partial charge >= 0.3 is 6.09 Å². The van der Waals surface area contributed by atoms with Gasteiger partial charge in [-0.1, -0.05) is 16.4 Å². The fraction of sp³-hybridized carbons (Fsp3) is 0.667. The third-order valence-electron chi connectivity index (χ3n) is 4.10. The van der Waals surface area contributed by atoms with Gasteiger partial charge in [0.2, 0.25) is 0 Å². The SMILES string of the molecule is CC(C)(C)OC(=O)N1CCC2(CC1)OC2c1ccc(Cl)n[n+]1[O-]. The number of hydrogen-bond acceptors (Lipinski definition) is 5. The van der Waals surface area contributed by atoms with Crippen molar-refractivity contribution in [3.8, 4) is 0 Å². The molecule has 3 rings (SSSR count). The molecule has 1 amide bonds. The number of likely N-dealkylation sites (tertiary alicyclic amines) is 1. The molecule has 3 heterocycles. The van der Waals surface area contributed by atoms with Crippen LogP contribution in [0, 0.1) is 5.21 Å². The minimum atomic E-state index is -0.506. The van der Waals surface area contributed by atoms with Crippen LogP contribution in [0.25, 0.3) is 0 Å². The Morgan fingerprint density at radius 3 is 2.70 bits per heavy atom. The van der Waals surface area contributed by atoms with Gasteiger partial charge in [-0.05, 0) is 39.7 Å². The van der Waals surface area contributed by atoms with E-state index in [0.29, 0.717) is 36.5 Å². The first-order valence-corrected chi connectivity index (χ1v) is 8.00. The average Bonchev–Trinajstić information content (AvgIpc) is 3.11. The highest BCUT2D eigenvalue weighted by molar-refractivity contribution is 6.29. The number of amides is 1. The van der Waals surface area contributed by atoms with Crippen LogP contribution in [0.2, 0.25) is 5.15 Å². The number of hydrogen-bond donors (Lipinski definition) is 0. The van der Waals surface area contributed by atoms with Crippen molar-refractivity contribution in [2.75, 3.05) is 13.1 Å². The molecule has 0 radical (unpaired) electrons. The van der Waals surface area contributed by atoms with E-state index >= 15 is 0 Å². The summed E-state index contributed by atoms with van der Waals surface area (Å²) in [5.74, 6) is 0. The second-order valence-electron chi connectivity index (χ2n) is 6.98. The van der Waals surface area contributed by atoms with Gasteiger partial charge in [0.05, 0.1) is 0 Å². The van der Waals surface area contributed by atoms with Gasteiger partial charge in [0.1, 0.15) is 11.2 Å². The van der Waals surface area contributed by atoms with Gasteiger partial charge in [-0.3, -0.25) is 0 Å². The molecule has 2 aliphatic heterocycles. The van der Waals surface area contributed by atoms with Crippen molar-refractivity contribution in [3.05, 3.63) is 28.2 Å². The molecule has 126 valence electrons. The fourth-order valence-electron chi connectivity index (χ4n) is 2.89. The molecule has 1 spiro atoms. The topological polar surface area (TPSA) is 81.9 Å². The van der Waals surface area contributed by atoms with Crippen LogP contribution < -0.4 is 4.85 Å². The second kappa shape index (κ2) is 5.49. The molecular formula is C15H20ClN3O4. The van der Waals surface area contributed by atoms with E-state index in [1.165, 1.54) is 0 Å². The van der Waals surface area contributed by atoms with E-state index in [4.69, 9.17) is 21.1 Å². The molecule has 0 bridgehead atoms. The van der Waals surface area contributed by atoms with E-state index in [2.05, 4.69) is 5.10 Å². The minimum absolute atomic E-state index is 0.151. The maximum absolute atomic E-state index is 12.1. The lowest BCUT2D eigenvalue weighted by atomic mass is 9.92. The van der Waals surface area contributed by atoms with Crippen molar-refractivity contribution in [2.45, 2.75) is 50.9 Å². The molecule has 1 aromatic rings. The fourth-order valence-corrected chi connectivity index (χ4v) is 3.02. The summed E-state index contributed by atoms with van der Waals surface area (Å²) in [6.45, 7) is 6.63. The molecule has 0 aromatic carbocycles. The smallest absolute Gasteiger partial charge is 0.410 e. The van der Waals surface area contributed by atoms with Crippen LogP contribution >= 0.6 is 11.6 Å². The summed E-state index contributed by atoms with van der Waals surface area (Å²) in [6.07, 6.45) is 0.737. The van der Waals surface area contributed by atoms with Crippen molar-refractivity contribution in [2.24, 2.45) is 0 Å². The van der Waals surface area contributed by atoms with E-state index in [1.54, 1.807) is 17.0 Å². The standard InChI is InChI=1S/C15H20ClN3O4/c1-14(2,3)23-13(20)18-8-6-15(7-9-18)12(22-15)10-4-5-11(16)17-19(10)21/h4-5,12H,6-9H2,1-3H3. The number of carbonyl (C=O) groups excluding carboxylic acids is 1. The molecule has 1 aromatic heterocycles. The Kier molecular flexibility index (Phi) is 3.88. The zero-order valence-corrected chi connectivity index (χ0v) is 14.2. The first-order valence-electron chi connectivity index (χ1n) is 7.62. The van der Waals surface area contributed by atoms with E-state index in [0.717, 1.165) is 0 Å². The summed E-state index contributed by atoms with van der Waals surface area (Å²) in [5, 5.41) is 15.6. The Bertz CT molecular complexity index is 624. The third-order valence-corrected chi connectivity index (χ3v) is 4.30. The number of epoxide rings is 1. The highest BCUT2D eigenvalue weighted by Gasteiger charge is 2.62. The van der Waals surface area contributed by atoms with Crippen LogP contribution in [-0.2, 0) is 9.47 Å². The predicted octanol–water partition coefficient (Wildman–Crippen LogP) is 2.21. The van der Waals surface area contributed by atoms with Crippen LogP contribution in [0.3, 0.4) is 0 Å². The first kappa shape index (κ1) is 16.3. The van der Waals surface area contributed by atoms with E-state index in [9.17, 15) is 10.0 Å². The number of ether oxygens (including phenoxy) is 2. The highest BCUT2D eigenvalue weighted by atomic mass is 35.5. The highest BCUT2D eigenvalue weighted by Crippen LogP contribution is 2.54. The molecule has 2 saturated heterocycles. The number of aromatic nitrogens is 2. The lowest BCUT2D eigenvalue weighted by Gasteiger charge is -2.32. The predicted molar refractivity (Wildman–Crippen MR) is 81.8 cm³/mol. The molecule has 23 heavy (non-hydrogen) atoms. The summed E-state index contributed by atoms with van der Waals surface area (Å²) >= 11 is 5.70. The van der Waals surface area contributed by atoms with Gasteiger partial charge < -0.3 is 19.6 Å². The molecule has 2 aliphatic rings. The summed E-state index contributed by atoms with van der Waals surface area (Å²) < 4.78 is 11.2. The Morgan fingerprint density at radius 2 is 2.13 bits per heavy atom. The molecular weight excluding hydrogens is 322 g/mol. The van der Waals surface area contributed by atoms with Crippen LogP contribution in [0.1, 0.15) is 45.4 Å². The van der Waals surface area contributed by atoms with Crippen LogP contribution in [0.15, 0.2) is 12.1 Å². The summed E-state index contributed by atoms with van der Waals surface area (Å²) in [7, 11) is 0. The summed E-state index contributed by atoms with van der Waals surface area (Å²) in [5.41, 5.74) is -0.422. The average molecular weight is 342 g/mol. The van der Waals surface area contributed by atoms with E-state index in [-0.39, 0.29) is 23.0 Å². The number of carbonyl (C=O) groups is 1. The zero-order valence-electron chi connectivity index (χ0n) is 13.4. The van der Waals surface area contributed by atoms with Crippen molar-refractivity contribution < 1.29 is 19.1 Å². The lowest BCUT2D eigenvalue weighted by molar-refractivity contribution is -0.677. The van der Waals surface area contributed by atoms with Gasteiger partial charge in [0.15, 0.2) is 11.3 Å². The van der Waals surface area contributed by atoms with Crippen molar-refractivity contribution in [3.63, 3.8) is 0 Å². The number of nitrogens with zero attached hydrogens (tertiary/aromatic N) is 3. The van der Waals surface area contributed by atoms with E-state index in [1.807, 2.05) is 20.8 Å². The molecule has 0 aliphatic carbocycles. The number of piperidine rings is 1. The molecule has 1 unspecified atom stereocenters. The van der Waals surface area contributed by atoms with E-state index < -0.39 is 5.60 Å². The number of rotatable bonds is 1. The van der Waals surface area contributed by atoms with Gasteiger partial charge in [-0.25, -0.2) is 4.79 Å². The second-order valence-corrected chi connectivity index (χ2v) is 7.37. The number of halogens is 1. The molecule has 1 atom stereocenters. The van der Waals surface area contributed by atoms with Gasteiger partial charge in [-0.15, -0.1) is 0 Å². The Labute approximate surface area is 139 Å². The molecule has 2 fully saturated rings. The lowest BCUT2D eigenvalue weighted by Crippen LogP contribution is -2.44. The third kappa shape index (κ3) is 3.35. The Balaban J connectivity index is 1.61. The summed E-state index contributed by atoms with van der Waals surface area (Å²) in [4.78, 5) is 14.3. The molecule has 0 saturated carbocycles. The van der Waals surface area contributed by atoms with Crippen LogP contribution in [-0.4, -0.2) is 40.4 Å². The normalized spacial score (nSPS) is 23.0. The molecule has 8 heteroatoms.